The summed E-state index contributed by atoms with van der Waals surface area (Å²) in [5.41, 5.74) is 4.78. The largest absolute Gasteiger partial charge is 0.393 e. The molecule has 3 fully saturated rings. The van der Waals surface area contributed by atoms with Crippen molar-refractivity contribution in [2.45, 2.75) is 57.2 Å². The van der Waals surface area contributed by atoms with E-state index in [1.54, 1.807) is 0 Å². The summed E-state index contributed by atoms with van der Waals surface area (Å²) in [6, 6.07) is 9.41. The molecule has 0 radical (unpaired) electrons. The Morgan fingerprint density at radius 2 is 1.74 bits per heavy atom. The number of nitrogens with one attached hydrogen (secondary N) is 2. The Labute approximate surface area is 213 Å². The average Bonchev–Trinajstić information content (AvgIpc) is 3.64. The Bertz CT molecular complexity index is 1110. The number of nitrogens with zero attached hydrogens (tertiary/aromatic N) is 4. The maximum absolute atomic E-state index is 10.0. The fourth-order valence-electron chi connectivity index (χ4n) is 5.43. The summed E-state index contributed by atoms with van der Waals surface area (Å²) in [5, 5.41) is 18.0. The zero-order valence-electron chi connectivity index (χ0n) is 20.3. The molecule has 7 nitrogen and oxygen atoms in total. The third-order valence-electron chi connectivity index (χ3n) is 7.76. The molecule has 3 N–H and O–H groups in total. The van der Waals surface area contributed by atoms with Crippen LogP contribution in [0.1, 0.15) is 50.1 Å². The number of piperazine rings is 1. The lowest BCUT2D eigenvalue weighted by molar-refractivity contribution is 0.111. The summed E-state index contributed by atoms with van der Waals surface area (Å²) in [6.07, 6.45) is 10.4. The molecule has 3 aliphatic rings. The zero-order valence-corrected chi connectivity index (χ0v) is 21.1. The summed E-state index contributed by atoms with van der Waals surface area (Å²) >= 11 is 0. The topological polar surface area (TPSA) is 78.2 Å². The van der Waals surface area contributed by atoms with Crippen molar-refractivity contribution in [2.24, 2.45) is 5.92 Å². The number of aliphatic hydroxyl groups is 1. The first-order chi connectivity index (χ1) is 16.7. The van der Waals surface area contributed by atoms with Crippen LogP contribution in [0.2, 0.25) is 0 Å². The maximum Gasteiger partial charge on any atom is 0.224 e. The standard InChI is InChI=1S/C27H36N6O.ClH/c34-23-9-7-22(8-10-23)33-18-25(24-16-30-27(31-26(24)33)29-15-19-1-2-19)21-5-3-20(4-6-21)17-32-13-11-28-12-14-32;/h3-6,16,18-19,22-23,28,34H,1-2,7-15,17H2,(H,29,30,31);1H/t22-,23-;. The van der Waals surface area contributed by atoms with Crippen molar-refractivity contribution >= 4 is 29.4 Å². The number of aromatic nitrogens is 3. The van der Waals surface area contributed by atoms with Gasteiger partial charge in [0.05, 0.1) is 6.10 Å². The van der Waals surface area contributed by atoms with E-state index in [0.29, 0.717) is 6.04 Å². The van der Waals surface area contributed by atoms with Gasteiger partial charge < -0.3 is 20.3 Å². The third kappa shape index (κ3) is 5.64. The van der Waals surface area contributed by atoms with Gasteiger partial charge in [0.25, 0.3) is 0 Å². The van der Waals surface area contributed by atoms with E-state index >= 15 is 0 Å². The van der Waals surface area contributed by atoms with Gasteiger partial charge in [-0.15, -0.1) is 12.4 Å². The van der Waals surface area contributed by atoms with Crippen LogP contribution in [0.15, 0.2) is 36.7 Å². The van der Waals surface area contributed by atoms with Gasteiger partial charge in [-0.05, 0) is 55.6 Å². The van der Waals surface area contributed by atoms with E-state index in [2.05, 4.69) is 55.5 Å². The van der Waals surface area contributed by atoms with E-state index < -0.39 is 0 Å². The molecule has 3 heterocycles. The Hall–Kier alpha value is -2.19. The monoisotopic (exact) mass is 496 g/mol. The van der Waals surface area contributed by atoms with Crippen LogP contribution in [0.5, 0.6) is 0 Å². The van der Waals surface area contributed by atoms with Crippen LogP contribution >= 0.6 is 12.4 Å². The molecule has 0 amide bonds. The average molecular weight is 497 g/mol. The molecular formula is C27H37ClN6O. The molecule has 2 aromatic heterocycles. The molecule has 0 atom stereocenters. The first-order valence-electron chi connectivity index (χ1n) is 13.0. The molecule has 1 saturated heterocycles. The van der Waals surface area contributed by atoms with E-state index in [4.69, 9.17) is 4.98 Å². The van der Waals surface area contributed by atoms with Crippen molar-refractivity contribution in [3.63, 3.8) is 0 Å². The predicted octanol–water partition coefficient (Wildman–Crippen LogP) is 4.22. The van der Waals surface area contributed by atoms with Crippen LogP contribution in [-0.4, -0.2) is 63.4 Å². The van der Waals surface area contributed by atoms with Crippen LogP contribution in [0.3, 0.4) is 0 Å². The maximum atomic E-state index is 10.0. The van der Waals surface area contributed by atoms with Crippen molar-refractivity contribution in [3.05, 3.63) is 42.2 Å². The number of benzene rings is 1. The molecule has 0 unspecified atom stereocenters. The van der Waals surface area contributed by atoms with Crippen molar-refractivity contribution in [3.8, 4) is 11.1 Å². The number of fused-ring (bicyclic) bond motifs is 1. The molecule has 0 bridgehead atoms. The summed E-state index contributed by atoms with van der Waals surface area (Å²) in [5.74, 6) is 1.51. The minimum absolute atomic E-state index is 0. The highest BCUT2D eigenvalue weighted by molar-refractivity contribution is 5.94. The van der Waals surface area contributed by atoms with Crippen molar-refractivity contribution < 1.29 is 5.11 Å². The molecular weight excluding hydrogens is 460 g/mol. The van der Waals surface area contributed by atoms with E-state index in [-0.39, 0.29) is 18.5 Å². The second-order valence-corrected chi connectivity index (χ2v) is 10.4. The molecule has 35 heavy (non-hydrogen) atoms. The first-order valence-corrected chi connectivity index (χ1v) is 13.0. The Balaban J connectivity index is 0.00000253. The Kier molecular flexibility index (Phi) is 7.58. The molecule has 188 valence electrons. The quantitative estimate of drug-likeness (QED) is 0.454. The molecule has 8 heteroatoms. The van der Waals surface area contributed by atoms with Gasteiger partial charge in [0.1, 0.15) is 5.65 Å². The second-order valence-electron chi connectivity index (χ2n) is 10.4. The summed E-state index contributed by atoms with van der Waals surface area (Å²) in [7, 11) is 0. The molecule has 2 saturated carbocycles. The van der Waals surface area contributed by atoms with Crippen molar-refractivity contribution in [1.29, 1.82) is 0 Å². The number of rotatable bonds is 7. The highest BCUT2D eigenvalue weighted by atomic mass is 35.5. The summed E-state index contributed by atoms with van der Waals surface area (Å²) in [4.78, 5) is 12.2. The van der Waals surface area contributed by atoms with Crippen molar-refractivity contribution in [2.75, 3.05) is 38.0 Å². The number of aliphatic hydroxyl groups excluding tert-OH is 1. The lowest BCUT2D eigenvalue weighted by Gasteiger charge is -2.27. The van der Waals surface area contributed by atoms with Gasteiger partial charge in [0, 0.05) is 68.7 Å². The van der Waals surface area contributed by atoms with E-state index in [1.165, 1.54) is 29.5 Å². The fourth-order valence-corrected chi connectivity index (χ4v) is 5.43. The SMILES string of the molecule is Cl.O[C@H]1CC[C@H](n2cc(-c3ccc(CN4CCNCC4)cc3)c3cnc(NCC4CC4)nc32)CC1. The second kappa shape index (κ2) is 10.8. The lowest BCUT2D eigenvalue weighted by Crippen LogP contribution is -2.42. The van der Waals surface area contributed by atoms with Crippen LogP contribution in [0, 0.1) is 5.92 Å². The fraction of sp³-hybridized carbons (Fsp3) is 0.556. The molecule has 1 aromatic carbocycles. The van der Waals surface area contributed by atoms with Gasteiger partial charge in [-0.3, -0.25) is 4.90 Å². The zero-order chi connectivity index (χ0) is 22.9. The van der Waals surface area contributed by atoms with Gasteiger partial charge in [-0.25, -0.2) is 4.98 Å². The smallest absolute Gasteiger partial charge is 0.224 e. The van der Waals surface area contributed by atoms with E-state index in [9.17, 15) is 5.11 Å². The van der Waals surface area contributed by atoms with Gasteiger partial charge >= 0.3 is 0 Å². The van der Waals surface area contributed by atoms with Crippen molar-refractivity contribution in [1.82, 2.24) is 24.8 Å². The summed E-state index contributed by atoms with van der Waals surface area (Å²) < 4.78 is 2.36. The number of hydrogen-bond acceptors (Lipinski definition) is 6. The minimum atomic E-state index is -0.161. The van der Waals surface area contributed by atoms with Gasteiger partial charge in [-0.2, -0.15) is 4.98 Å². The summed E-state index contributed by atoms with van der Waals surface area (Å²) in [6.45, 7) is 6.34. The Morgan fingerprint density at radius 3 is 2.46 bits per heavy atom. The Morgan fingerprint density at radius 1 is 1.00 bits per heavy atom. The predicted molar refractivity (Wildman–Crippen MR) is 143 cm³/mol. The van der Waals surface area contributed by atoms with Crippen LogP contribution in [-0.2, 0) is 6.54 Å². The molecule has 2 aliphatic carbocycles. The third-order valence-corrected chi connectivity index (χ3v) is 7.76. The van der Waals surface area contributed by atoms with E-state index in [1.807, 2.05) is 6.20 Å². The molecule has 1 aliphatic heterocycles. The van der Waals surface area contributed by atoms with Gasteiger partial charge in [0.2, 0.25) is 5.95 Å². The molecule has 0 spiro atoms. The van der Waals surface area contributed by atoms with Crippen LogP contribution in [0.4, 0.5) is 5.95 Å². The number of hydrogen-bond donors (Lipinski definition) is 3. The highest BCUT2D eigenvalue weighted by Gasteiger charge is 2.25. The van der Waals surface area contributed by atoms with Crippen LogP contribution < -0.4 is 10.6 Å². The number of anilines is 1. The highest BCUT2D eigenvalue weighted by Crippen LogP contribution is 2.37. The van der Waals surface area contributed by atoms with Crippen LogP contribution in [0.25, 0.3) is 22.2 Å². The van der Waals surface area contributed by atoms with Gasteiger partial charge in [0.15, 0.2) is 0 Å². The molecule has 3 aromatic rings. The van der Waals surface area contributed by atoms with E-state index in [0.717, 1.165) is 87.9 Å². The van der Waals surface area contributed by atoms with Gasteiger partial charge in [-0.1, -0.05) is 24.3 Å². The first kappa shape index (κ1) is 24.5. The number of halogens is 1. The normalized spacial score (nSPS) is 23.2. The minimum Gasteiger partial charge on any atom is -0.393 e. The molecule has 6 rings (SSSR count). The lowest BCUT2D eigenvalue weighted by atomic mass is 9.93.